The van der Waals surface area contributed by atoms with Gasteiger partial charge < -0.3 is 18.9 Å². The van der Waals surface area contributed by atoms with Crippen molar-refractivity contribution in [2.75, 3.05) is 13.2 Å². The maximum absolute atomic E-state index is 12.4. The van der Waals surface area contributed by atoms with E-state index in [1.54, 1.807) is 33.8 Å². The lowest BCUT2D eigenvalue weighted by Crippen LogP contribution is -2.18. The highest BCUT2D eigenvalue weighted by atomic mass is 16.5. The molecule has 0 atom stereocenters. The minimum Gasteiger partial charge on any atom is -0.462 e. The maximum atomic E-state index is 12.4. The molecule has 0 unspecified atom stereocenters. The van der Waals surface area contributed by atoms with Crippen LogP contribution in [0.25, 0.3) is 0 Å². The van der Waals surface area contributed by atoms with Gasteiger partial charge in [-0.05, 0) is 39.8 Å². The van der Waals surface area contributed by atoms with Gasteiger partial charge in [-0.2, -0.15) is 0 Å². The average molecular weight is 333 g/mol. The molecule has 0 aromatic carbocycles. The molecule has 0 radical (unpaired) electrons. The SMILES string of the molecule is CCOC(=O)c1c(C)[nH]c(C)c1C(=O)COC(=O)c1ccc(C)o1. The van der Waals surface area contributed by atoms with Crippen molar-refractivity contribution in [3.8, 4) is 0 Å². The van der Waals surface area contributed by atoms with Crippen LogP contribution in [0.5, 0.6) is 0 Å². The molecular formula is C17H19NO6. The molecule has 0 saturated carbocycles. The summed E-state index contributed by atoms with van der Waals surface area (Å²) in [5.41, 5.74) is 1.39. The molecular weight excluding hydrogens is 314 g/mol. The molecule has 128 valence electrons. The van der Waals surface area contributed by atoms with E-state index in [1.807, 2.05) is 0 Å². The Morgan fingerprint density at radius 1 is 1.00 bits per heavy atom. The molecule has 2 aromatic rings. The van der Waals surface area contributed by atoms with Gasteiger partial charge in [0, 0.05) is 11.4 Å². The number of rotatable bonds is 6. The van der Waals surface area contributed by atoms with Crippen LogP contribution in [0, 0.1) is 20.8 Å². The van der Waals surface area contributed by atoms with Crippen molar-refractivity contribution in [3.63, 3.8) is 0 Å². The van der Waals surface area contributed by atoms with Crippen LogP contribution in [0.15, 0.2) is 16.5 Å². The van der Waals surface area contributed by atoms with Crippen LogP contribution < -0.4 is 0 Å². The Morgan fingerprint density at radius 3 is 2.25 bits per heavy atom. The van der Waals surface area contributed by atoms with Crippen molar-refractivity contribution in [2.45, 2.75) is 27.7 Å². The highest BCUT2D eigenvalue weighted by molar-refractivity contribution is 6.09. The van der Waals surface area contributed by atoms with Crippen LogP contribution in [0.2, 0.25) is 0 Å². The van der Waals surface area contributed by atoms with Crippen LogP contribution in [0.4, 0.5) is 0 Å². The minimum absolute atomic E-state index is 0.0212. The number of hydrogen-bond acceptors (Lipinski definition) is 6. The first-order valence-electron chi connectivity index (χ1n) is 7.48. The molecule has 0 spiro atoms. The fourth-order valence-electron chi connectivity index (χ4n) is 2.41. The number of ether oxygens (including phenoxy) is 2. The molecule has 1 N–H and O–H groups in total. The van der Waals surface area contributed by atoms with E-state index in [4.69, 9.17) is 13.9 Å². The fourth-order valence-corrected chi connectivity index (χ4v) is 2.41. The van der Waals surface area contributed by atoms with Gasteiger partial charge >= 0.3 is 11.9 Å². The quantitative estimate of drug-likeness (QED) is 0.644. The number of H-pyrrole nitrogens is 1. The summed E-state index contributed by atoms with van der Waals surface area (Å²) >= 11 is 0. The lowest BCUT2D eigenvalue weighted by Gasteiger charge is -2.06. The van der Waals surface area contributed by atoms with E-state index < -0.39 is 24.3 Å². The van der Waals surface area contributed by atoms with Gasteiger partial charge in [0.1, 0.15) is 5.76 Å². The van der Waals surface area contributed by atoms with E-state index in [-0.39, 0.29) is 23.5 Å². The second kappa shape index (κ2) is 7.16. The van der Waals surface area contributed by atoms with E-state index in [1.165, 1.54) is 6.07 Å². The zero-order valence-electron chi connectivity index (χ0n) is 14.0. The maximum Gasteiger partial charge on any atom is 0.374 e. The first kappa shape index (κ1) is 17.5. The number of furan rings is 1. The number of hydrogen-bond donors (Lipinski definition) is 1. The van der Waals surface area contributed by atoms with Gasteiger partial charge in [0.2, 0.25) is 11.5 Å². The summed E-state index contributed by atoms with van der Waals surface area (Å²) in [5, 5.41) is 0. The molecule has 0 saturated heterocycles. The standard InChI is InChI=1S/C17H19NO6/c1-5-22-17(21)15-11(4)18-10(3)14(15)12(19)8-23-16(20)13-7-6-9(2)24-13/h6-7,18H,5,8H2,1-4H3. The molecule has 2 aromatic heterocycles. The highest BCUT2D eigenvalue weighted by Gasteiger charge is 2.26. The summed E-state index contributed by atoms with van der Waals surface area (Å²) in [6.45, 7) is 6.42. The zero-order valence-corrected chi connectivity index (χ0v) is 14.0. The number of aryl methyl sites for hydroxylation is 3. The second-order valence-corrected chi connectivity index (χ2v) is 5.26. The molecule has 0 aliphatic carbocycles. The van der Waals surface area contributed by atoms with Crippen molar-refractivity contribution in [1.82, 2.24) is 4.98 Å². The van der Waals surface area contributed by atoms with E-state index in [9.17, 15) is 14.4 Å². The number of aromatic nitrogens is 1. The van der Waals surface area contributed by atoms with Crippen molar-refractivity contribution >= 4 is 17.7 Å². The summed E-state index contributed by atoms with van der Waals surface area (Å²) in [6.07, 6.45) is 0. The molecule has 7 heteroatoms. The minimum atomic E-state index is -0.737. The number of nitrogens with one attached hydrogen (secondary N) is 1. The molecule has 2 heterocycles. The molecule has 0 aliphatic rings. The molecule has 0 fully saturated rings. The van der Waals surface area contributed by atoms with Crippen molar-refractivity contribution in [1.29, 1.82) is 0 Å². The van der Waals surface area contributed by atoms with Crippen molar-refractivity contribution < 1.29 is 28.3 Å². The third-order valence-electron chi connectivity index (χ3n) is 3.41. The van der Waals surface area contributed by atoms with Crippen LogP contribution in [-0.4, -0.2) is 35.9 Å². The lowest BCUT2D eigenvalue weighted by atomic mass is 10.1. The van der Waals surface area contributed by atoms with Gasteiger partial charge in [-0.3, -0.25) is 4.79 Å². The summed E-state index contributed by atoms with van der Waals surface area (Å²) in [7, 11) is 0. The lowest BCUT2D eigenvalue weighted by molar-refractivity contribution is 0.0441. The Bertz CT molecular complexity index is 783. The highest BCUT2D eigenvalue weighted by Crippen LogP contribution is 2.20. The van der Waals surface area contributed by atoms with Crippen LogP contribution in [0.3, 0.4) is 0 Å². The van der Waals surface area contributed by atoms with Crippen molar-refractivity contribution in [2.24, 2.45) is 0 Å². The summed E-state index contributed by atoms with van der Waals surface area (Å²) in [5.74, 6) is -1.23. The predicted octanol–water partition coefficient (Wildman–Crippen LogP) is 2.75. The van der Waals surface area contributed by atoms with E-state index >= 15 is 0 Å². The Labute approximate surface area is 138 Å². The Hall–Kier alpha value is -2.83. The molecule has 2 rings (SSSR count). The van der Waals surface area contributed by atoms with Gasteiger partial charge in [0.05, 0.1) is 17.7 Å². The number of esters is 2. The van der Waals surface area contributed by atoms with E-state index in [0.29, 0.717) is 17.1 Å². The summed E-state index contributed by atoms with van der Waals surface area (Å²) < 4.78 is 15.1. The molecule has 0 aliphatic heterocycles. The van der Waals surface area contributed by atoms with Gasteiger partial charge in [-0.25, -0.2) is 9.59 Å². The smallest absolute Gasteiger partial charge is 0.374 e. The normalized spacial score (nSPS) is 10.5. The third-order valence-corrected chi connectivity index (χ3v) is 3.41. The number of Topliss-reactive ketones (excluding diaryl/α,β-unsaturated/α-hetero) is 1. The monoisotopic (exact) mass is 333 g/mol. The Morgan fingerprint density at radius 2 is 1.67 bits per heavy atom. The van der Waals surface area contributed by atoms with Crippen molar-refractivity contribution in [3.05, 3.63) is 46.2 Å². The van der Waals surface area contributed by atoms with Gasteiger partial charge in [0.25, 0.3) is 0 Å². The number of carbonyl (C=O) groups is 3. The molecule has 24 heavy (non-hydrogen) atoms. The first-order valence-corrected chi connectivity index (χ1v) is 7.48. The average Bonchev–Trinajstić information content (AvgIpc) is 3.07. The topological polar surface area (TPSA) is 98.6 Å². The van der Waals surface area contributed by atoms with Crippen LogP contribution in [0.1, 0.15) is 55.3 Å². The summed E-state index contributed by atoms with van der Waals surface area (Å²) in [6, 6.07) is 3.09. The predicted molar refractivity (Wildman–Crippen MR) is 84.3 cm³/mol. The number of ketones is 1. The fraction of sp³-hybridized carbons (Fsp3) is 0.353. The van der Waals surface area contributed by atoms with Crippen LogP contribution in [-0.2, 0) is 9.47 Å². The van der Waals surface area contributed by atoms with E-state index in [2.05, 4.69) is 4.98 Å². The molecule has 0 bridgehead atoms. The zero-order chi connectivity index (χ0) is 17.9. The Kier molecular flexibility index (Phi) is 5.23. The second-order valence-electron chi connectivity index (χ2n) is 5.26. The van der Waals surface area contributed by atoms with Gasteiger partial charge in [0.15, 0.2) is 6.61 Å². The van der Waals surface area contributed by atoms with Gasteiger partial charge in [-0.1, -0.05) is 0 Å². The molecule has 7 nitrogen and oxygen atoms in total. The number of aromatic amines is 1. The first-order chi connectivity index (χ1) is 11.3. The number of carbonyl (C=O) groups excluding carboxylic acids is 3. The molecule has 0 amide bonds. The largest absolute Gasteiger partial charge is 0.462 e. The van der Waals surface area contributed by atoms with Gasteiger partial charge in [-0.15, -0.1) is 0 Å². The Balaban J connectivity index is 2.15. The van der Waals surface area contributed by atoms with Crippen LogP contribution >= 0.6 is 0 Å². The van der Waals surface area contributed by atoms with E-state index in [0.717, 1.165) is 0 Å². The summed E-state index contributed by atoms with van der Waals surface area (Å²) in [4.78, 5) is 39.2. The third kappa shape index (κ3) is 3.56.